The van der Waals surface area contributed by atoms with E-state index >= 15 is 0 Å². The van der Waals surface area contributed by atoms with Gasteiger partial charge in [0.15, 0.2) is 5.13 Å². The maximum atomic E-state index is 11.8. The average molecular weight is 300 g/mol. The number of hydrogen-bond donors (Lipinski definition) is 1. The van der Waals surface area contributed by atoms with Crippen LogP contribution in [0.3, 0.4) is 0 Å². The molecule has 1 heterocycles. The van der Waals surface area contributed by atoms with E-state index in [1.165, 1.54) is 35.6 Å². The fourth-order valence-electron chi connectivity index (χ4n) is 1.29. The molecule has 0 unspecified atom stereocenters. The summed E-state index contributed by atoms with van der Waals surface area (Å²) in [5.41, 5.74) is 0.385. The van der Waals surface area contributed by atoms with Crippen molar-refractivity contribution in [2.45, 2.75) is 0 Å². The Hall–Kier alpha value is -1.93. The fraction of sp³-hybridized carbons (Fsp3) is 0.0909. The fourth-order valence-corrected chi connectivity index (χ4v) is 2.28. The third-order valence-electron chi connectivity index (χ3n) is 2.02. The van der Waals surface area contributed by atoms with Crippen LogP contribution >= 0.6 is 11.3 Å². The Labute approximate surface area is 115 Å². The van der Waals surface area contributed by atoms with Gasteiger partial charge in [-0.3, -0.25) is 10.1 Å². The number of aromatic nitrogens is 1. The molecule has 0 aliphatic carbocycles. The van der Waals surface area contributed by atoms with Gasteiger partial charge in [0.05, 0.1) is 6.26 Å². The lowest BCUT2D eigenvalue weighted by Gasteiger charge is -2.04. The number of nitrogens with zero attached hydrogens (tertiary/aromatic N) is 1. The largest absolute Gasteiger partial charge is 0.383 e. The first kappa shape index (κ1) is 13.5. The van der Waals surface area contributed by atoms with Crippen molar-refractivity contribution in [3.8, 4) is 5.75 Å². The first-order valence-electron chi connectivity index (χ1n) is 5.14. The summed E-state index contributed by atoms with van der Waals surface area (Å²) in [6.45, 7) is 0. The van der Waals surface area contributed by atoms with Gasteiger partial charge in [-0.1, -0.05) is 0 Å². The van der Waals surface area contributed by atoms with E-state index in [2.05, 4.69) is 14.5 Å². The summed E-state index contributed by atoms with van der Waals surface area (Å²) in [6.07, 6.45) is 2.54. The summed E-state index contributed by atoms with van der Waals surface area (Å²) >= 11 is 1.31. The molecule has 102 valence electrons. The van der Waals surface area contributed by atoms with Gasteiger partial charge >= 0.3 is 10.1 Å². The van der Waals surface area contributed by atoms with E-state index in [1.54, 1.807) is 11.6 Å². The van der Waals surface area contributed by atoms with E-state index in [1.807, 2.05) is 0 Å². The number of amides is 1. The minimum Gasteiger partial charge on any atom is -0.383 e. The standard InChI is InChI=1S/C11H10N2O4S2.H2/c1-19(15,16)17-9-4-2-8(3-5-9)10(14)13-11-12-6-7-18-11;/h2-7H,1H3,(H,12,13,14);1H. The molecule has 1 N–H and O–H groups in total. The Morgan fingerprint density at radius 1 is 1.37 bits per heavy atom. The lowest BCUT2D eigenvalue weighted by Crippen LogP contribution is -2.11. The van der Waals surface area contributed by atoms with Crippen molar-refractivity contribution in [3.05, 3.63) is 41.4 Å². The highest BCUT2D eigenvalue weighted by Gasteiger charge is 2.09. The van der Waals surface area contributed by atoms with Crippen LogP contribution in [0.2, 0.25) is 0 Å². The minimum atomic E-state index is -3.56. The zero-order valence-electron chi connectivity index (χ0n) is 9.86. The smallest absolute Gasteiger partial charge is 0.306 e. The van der Waals surface area contributed by atoms with Gasteiger partial charge in [0.1, 0.15) is 5.75 Å². The summed E-state index contributed by atoms with van der Waals surface area (Å²) in [7, 11) is -3.56. The molecular weight excluding hydrogens is 288 g/mol. The van der Waals surface area contributed by atoms with Gasteiger partial charge in [-0.15, -0.1) is 11.3 Å². The van der Waals surface area contributed by atoms with Crippen LogP contribution in [-0.2, 0) is 10.1 Å². The van der Waals surface area contributed by atoms with Gasteiger partial charge in [0.2, 0.25) is 0 Å². The second kappa shape index (κ2) is 5.37. The van der Waals surface area contributed by atoms with Crippen LogP contribution in [0, 0.1) is 0 Å². The van der Waals surface area contributed by atoms with Crippen molar-refractivity contribution in [1.29, 1.82) is 0 Å². The van der Waals surface area contributed by atoms with Crippen molar-refractivity contribution in [1.82, 2.24) is 4.98 Å². The lowest BCUT2D eigenvalue weighted by molar-refractivity contribution is 0.102. The first-order valence-corrected chi connectivity index (χ1v) is 7.84. The van der Waals surface area contributed by atoms with Crippen LogP contribution in [0.1, 0.15) is 11.8 Å². The monoisotopic (exact) mass is 300 g/mol. The van der Waals surface area contributed by atoms with Gasteiger partial charge in [-0.25, -0.2) is 4.98 Å². The maximum absolute atomic E-state index is 11.8. The normalized spacial score (nSPS) is 11.0. The van der Waals surface area contributed by atoms with Gasteiger partial charge < -0.3 is 4.18 Å². The van der Waals surface area contributed by atoms with Gasteiger partial charge in [-0.05, 0) is 24.3 Å². The molecule has 2 aromatic rings. The molecule has 1 aromatic carbocycles. The van der Waals surface area contributed by atoms with E-state index < -0.39 is 10.1 Å². The highest BCUT2D eigenvalue weighted by atomic mass is 32.2. The molecule has 0 saturated carbocycles. The molecule has 8 heteroatoms. The highest BCUT2D eigenvalue weighted by molar-refractivity contribution is 7.86. The summed E-state index contributed by atoms with van der Waals surface area (Å²) < 4.78 is 26.5. The Balaban J connectivity index is 0.00000200. The summed E-state index contributed by atoms with van der Waals surface area (Å²) in [6, 6.07) is 5.78. The Morgan fingerprint density at radius 3 is 2.58 bits per heavy atom. The van der Waals surface area contributed by atoms with Crippen LogP contribution in [0.25, 0.3) is 0 Å². The van der Waals surface area contributed by atoms with Crippen molar-refractivity contribution in [2.24, 2.45) is 0 Å². The van der Waals surface area contributed by atoms with E-state index in [0.717, 1.165) is 6.26 Å². The summed E-state index contributed by atoms with van der Waals surface area (Å²) in [5.74, 6) is -0.158. The number of carbonyl (C=O) groups excluding carboxylic acids is 1. The third-order valence-corrected chi connectivity index (χ3v) is 3.20. The van der Waals surface area contributed by atoms with Crippen LogP contribution in [0.15, 0.2) is 35.8 Å². The number of nitrogens with one attached hydrogen (secondary N) is 1. The number of thiazole rings is 1. The molecular formula is C11H12N2O4S2. The molecule has 0 aliphatic heterocycles. The topological polar surface area (TPSA) is 85.4 Å². The third kappa shape index (κ3) is 4.04. The average Bonchev–Trinajstić information content (AvgIpc) is 2.80. The minimum absolute atomic E-state index is 0. The zero-order valence-corrected chi connectivity index (χ0v) is 11.5. The predicted molar refractivity (Wildman–Crippen MR) is 74.1 cm³/mol. The van der Waals surface area contributed by atoms with E-state index in [0.29, 0.717) is 10.7 Å². The molecule has 19 heavy (non-hydrogen) atoms. The molecule has 1 amide bonds. The van der Waals surface area contributed by atoms with Gasteiger partial charge in [0.25, 0.3) is 5.91 Å². The van der Waals surface area contributed by atoms with Crippen molar-refractivity contribution < 1.29 is 18.8 Å². The second-order valence-electron chi connectivity index (χ2n) is 3.60. The summed E-state index contributed by atoms with van der Waals surface area (Å²) in [5, 5.41) is 4.87. The lowest BCUT2D eigenvalue weighted by atomic mass is 10.2. The highest BCUT2D eigenvalue weighted by Crippen LogP contribution is 2.16. The van der Waals surface area contributed by atoms with Crippen molar-refractivity contribution in [3.63, 3.8) is 0 Å². The Kier molecular flexibility index (Phi) is 3.82. The van der Waals surface area contributed by atoms with Gasteiger partial charge in [-0.2, -0.15) is 8.42 Å². The Morgan fingerprint density at radius 2 is 2.05 bits per heavy atom. The molecule has 0 radical (unpaired) electrons. The number of anilines is 1. The van der Waals surface area contributed by atoms with Crippen molar-refractivity contribution in [2.75, 3.05) is 11.6 Å². The van der Waals surface area contributed by atoms with Crippen LogP contribution < -0.4 is 9.50 Å². The molecule has 0 saturated heterocycles. The molecule has 0 atom stereocenters. The molecule has 0 fully saturated rings. The van der Waals surface area contributed by atoms with Crippen molar-refractivity contribution >= 4 is 32.5 Å². The second-order valence-corrected chi connectivity index (χ2v) is 6.07. The van der Waals surface area contributed by atoms with E-state index in [4.69, 9.17) is 0 Å². The molecule has 0 aliphatic rings. The van der Waals surface area contributed by atoms with E-state index in [9.17, 15) is 13.2 Å². The number of hydrogen-bond acceptors (Lipinski definition) is 6. The Bertz CT molecular complexity index is 669. The molecule has 2 rings (SSSR count). The molecule has 0 spiro atoms. The number of carbonyl (C=O) groups is 1. The van der Waals surface area contributed by atoms with Gasteiger partial charge in [0, 0.05) is 18.6 Å². The molecule has 0 bridgehead atoms. The predicted octanol–water partition coefficient (Wildman–Crippen LogP) is 1.98. The van der Waals surface area contributed by atoms with Crippen LogP contribution in [0.5, 0.6) is 5.75 Å². The molecule has 6 nitrogen and oxygen atoms in total. The van der Waals surface area contributed by atoms with Crippen LogP contribution in [-0.4, -0.2) is 25.6 Å². The maximum Gasteiger partial charge on any atom is 0.306 e. The zero-order chi connectivity index (χ0) is 13.9. The first-order chi connectivity index (χ1) is 8.94. The quantitative estimate of drug-likeness (QED) is 0.873. The number of rotatable bonds is 4. The van der Waals surface area contributed by atoms with Crippen LogP contribution in [0.4, 0.5) is 5.13 Å². The SMILES string of the molecule is CS(=O)(=O)Oc1ccc(C(=O)Nc2nccs2)cc1.[HH]. The molecule has 1 aromatic heterocycles. The summed E-state index contributed by atoms with van der Waals surface area (Å²) in [4.78, 5) is 15.7. The number of benzene rings is 1. The van der Waals surface area contributed by atoms with E-state index in [-0.39, 0.29) is 13.1 Å².